The molecule has 3 heteroatoms. The summed E-state index contributed by atoms with van der Waals surface area (Å²) in [5.74, 6) is 0. The van der Waals surface area contributed by atoms with Crippen LogP contribution in [0.3, 0.4) is 0 Å². The molecule has 0 heterocycles. The molecule has 0 aromatic carbocycles. The van der Waals surface area contributed by atoms with Gasteiger partial charge in [0.2, 0.25) is 0 Å². The van der Waals surface area contributed by atoms with Crippen LogP contribution in [0.5, 0.6) is 0 Å². The predicted octanol–water partition coefficient (Wildman–Crippen LogP) is 2.07. The molecule has 98 valence electrons. The second-order valence-electron chi connectivity index (χ2n) is 4.38. The van der Waals surface area contributed by atoms with Crippen LogP contribution in [0, 0.1) is 0 Å². The first-order valence-corrected chi connectivity index (χ1v) is 6.84. The Morgan fingerprint density at radius 2 is 0.875 bits per heavy atom. The van der Waals surface area contributed by atoms with Crippen LogP contribution in [-0.4, -0.2) is 36.5 Å². The molecule has 0 saturated heterocycles. The third-order valence-electron chi connectivity index (χ3n) is 2.77. The first kappa shape index (κ1) is 15.9. The summed E-state index contributed by atoms with van der Waals surface area (Å²) in [5, 5.41) is 20.6. The Morgan fingerprint density at radius 3 is 1.44 bits per heavy atom. The molecule has 3 nitrogen and oxygen atoms in total. The van der Waals surface area contributed by atoms with Crippen LogP contribution < -0.4 is 5.32 Å². The van der Waals surface area contributed by atoms with Gasteiger partial charge in [0.1, 0.15) is 0 Å². The number of aliphatic hydroxyl groups is 2. The minimum Gasteiger partial charge on any atom is -0.396 e. The van der Waals surface area contributed by atoms with Gasteiger partial charge in [-0.1, -0.05) is 32.1 Å². The first-order chi connectivity index (χ1) is 7.91. The van der Waals surface area contributed by atoms with Crippen molar-refractivity contribution in [1.82, 2.24) is 5.32 Å². The molecule has 0 saturated carbocycles. The monoisotopic (exact) mass is 231 g/mol. The van der Waals surface area contributed by atoms with E-state index in [9.17, 15) is 0 Å². The summed E-state index contributed by atoms with van der Waals surface area (Å²) in [6, 6.07) is 0. The zero-order valence-electron chi connectivity index (χ0n) is 10.6. The minimum atomic E-state index is 0.315. The highest BCUT2D eigenvalue weighted by Gasteiger charge is 1.92. The van der Waals surface area contributed by atoms with Gasteiger partial charge in [-0.05, 0) is 38.8 Å². The van der Waals surface area contributed by atoms with Crippen molar-refractivity contribution in [2.24, 2.45) is 0 Å². The van der Waals surface area contributed by atoms with Gasteiger partial charge in [0.25, 0.3) is 0 Å². The van der Waals surface area contributed by atoms with Gasteiger partial charge < -0.3 is 15.5 Å². The van der Waals surface area contributed by atoms with Gasteiger partial charge in [-0.25, -0.2) is 0 Å². The molecule has 0 rings (SSSR count). The molecule has 0 amide bonds. The Morgan fingerprint density at radius 1 is 0.500 bits per heavy atom. The van der Waals surface area contributed by atoms with E-state index in [0.29, 0.717) is 13.2 Å². The molecule has 3 N–H and O–H groups in total. The van der Waals surface area contributed by atoms with Crippen molar-refractivity contribution in [2.45, 2.75) is 57.8 Å². The van der Waals surface area contributed by atoms with Gasteiger partial charge >= 0.3 is 0 Å². The van der Waals surface area contributed by atoms with E-state index in [-0.39, 0.29) is 0 Å². The zero-order chi connectivity index (χ0) is 11.9. The summed E-state index contributed by atoms with van der Waals surface area (Å²) in [6.07, 6.45) is 10.6. The fraction of sp³-hybridized carbons (Fsp3) is 1.00. The molecule has 0 aliphatic carbocycles. The normalized spacial score (nSPS) is 10.9. The van der Waals surface area contributed by atoms with E-state index in [0.717, 1.165) is 32.4 Å². The van der Waals surface area contributed by atoms with E-state index < -0.39 is 0 Å². The molecular formula is C13H29NO2. The third-order valence-corrected chi connectivity index (χ3v) is 2.77. The van der Waals surface area contributed by atoms with Gasteiger partial charge in [0.15, 0.2) is 0 Å². The predicted molar refractivity (Wildman–Crippen MR) is 68.6 cm³/mol. The molecule has 0 aromatic rings. The summed E-state index contributed by atoms with van der Waals surface area (Å²) in [4.78, 5) is 0. The molecular weight excluding hydrogens is 202 g/mol. The largest absolute Gasteiger partial charge is 0.396 e. The average molecular weight is 231 g/mol. The van der Waals surface area contributed by atoms with Crippen LogP contribution >= 0.6 is 0 Å². The fourth-order valence-electron chi connectivity index (χ4n) is 1.73. The Hall–Kier alpha value is -0.120. The zero-order valence-corrected chi connectivity index (χ0v) is 10.6. The van der Waals surface area contributed by atoms with Gasteiger partial charge in [0, 0.05) is 13.2 Å². The highest BCUT2D eigenvalue weighted by Crippen LogP contribution is 2.06. The van der Waals surface area contributed by atoms with Crippen LogP contribution in [0.15, 0.2) is 0 Å². The number of rotatable bonds is 13. The topological polar surface area (TPSA) is 52.5 Å². The quantitative estimate of drug-likeness (QED) is 0.425. The second kappa shape index (κ2) is 14.9. The molecule has 0 aliphatic rings. The van der Waals surface area contributed by atoms with Crippen LogP contribution in [-0.2, 0) is 0 Å². The van der Waals surface area contributed by atoms with Crippen LogP contribution in [0.1, 0.15) is 57.8 Å². The average Bonchev–Trinajstić information content (AvgIpc) is 2.31. The molecule has 0 aliphatic heterocycles. The van der Waals surface area contributed by atoms with Gasteiger partial charge in [-0.15, -0.1) is 0 Å². The highest BCUT2D eigenvalue weighted by molar-refractivity contribution is 4.50. The fourth-order valence-corrected chi connectivity index (χ4v) is 1.73. The van der Waals surface area contributed by atoms with Crippen molar-refractivity contribution in [3.8, 4) is 0 Å². The maximum Gasteiger partial charge on any atom is 0.0431 e. The van der Waals surface area contributed by atoms with Gasteiger partial charge in [0.05, 0.1) is 0 Å². The molecule has 0 radical (unpaired) electrons. The molecule has 0 aromatic heterocycles. The third kappa shape index (κ3) is 13.9. The molecule has 0 fully saturated rings. The standard InChI is InChI=1S/C13H29NO2/c15-12-8-5-3-1-2-4-6-10-14-11-7-9-13-16/h14-16H,1-13H2. The van der Waals surface area contributed by atoms with Crippen molar-refractivity contribution in [2.75, 3.05) is 26.3 Å². The molecule has 0 atom stereocenters. The van der Waals surface area contributed by atoms with E-state index in [1.165, 1.54) is 38.5 Å². The van der Waals surface area contributed by atoms with E-state index in [4.69, 9.17) is 10.2 Å². The maximum atomic E-state index is 8.60. The van der Waals surface area contributed by atoms with Crippen molar-refractivity contribution >= 4 is 0 Å². The van der Waals surface area contributed by atoms with Crippen LogP contribution in [0.25, 0.3) is 0 Å². The Balaban J connectivity index is 2.83. The number of hydrogen-bond acceptors (Lipinski definition) is 3. The Bertz CT molecular complexity index is 107. The lowest BCUT2D eigenvalue weighted by Gasteiger charge is -2.04. The van der Waals surface area contributed by atoms with Crippen molar-refractivity contribution in [3.63, 3.8) is 0 Å². The number of nitrogens with one attached hydrogen (secondary N) is 1. The summed E-state index contributed by atoms with van der Waals surface area (Å²) < 4.78 is 0. The SMILES string of the molecule is OCCCCCCCCCNCCCCO. The highest BCUT2D eigenvalue weighted by atomic mass is 16.3. The molecule has 16 heavy (non-hydrogen) atoms. The summed E-state index contributed by atoms with van der Waals surface area (Å²) >= 11 is 0. The lowest BCUT2D eigenvalue weighted by Crippen LogP contribution is -2.16. The molecule has 0 spiro atoms. The van der Waals surface area contributed by atoms with E-state index in [1.54, 1.807) is 0 Å². The summed E-state index contributed by atoms with van der Waals surface area (Å²) in [7, 11) is 0. The lowest BCUT2D eigenvalue weighted by atomic mass is 10.1. The Kier molecular flexibility index (Phi) is 14.8. The second-order valence-corrected chi connectivity index (χ2v) is 4.38. The van der Waals surface area contributed by atoms with Crippen LogP contribution in [0.2, 0.25) is 0 Å². The van der Waals surface area contributed by atoms with E-state index in [1.807, 2.05) is 0 Å². The first-order valence-electron chi connectivity index (χ1n) is 6.84. The van der Waals surface area contributed by atoms with E-state index in [2.05, 4.69) is 5.32 Å². The van der Waals surface area contributed by atoms with E-state index >= 15 is 0 Å². The van der Waals surface area contributed by atoms with Crippen molar-refractivity contribution in [1.29, 1.82) is 0 Å². The number of aliphatic hydroxyl groups excluding tert-OH is 2. The Labute approximate surface area is 100 Å². The maximum absolute atomic E-state index is 8.60. The van der Waals surface area contributed by atoms with Crippen LogP contribution in [0.4, 0.5) is 0 Å². The minimum absolute atomic E-state index is 0.315. The van der Waals surface area contributed by atoms with Gasteiger partial charge in [-0.2, -0.15) is 0 Å². The molecule has 0 unspecified atom stereocenters. The summed E-state index contributed by atoms with van der Waals surface area (Å²) in [6.45, 7) is 2.81. The van der Waals surface area contributed by atoms with Gasteiger partial charge in [-0.3, -0.25) is 0 Å². The van der Waals surface area contributed by atoms with Crippen molar-refractivity contribution < 1.29 is 10.2 Å². The van der Waals surface area contributed by atoms with Crippen molar-refractivity contribution in [3.05, 3.63) is 0 Å². The number of unbranched alkanes of at least 4 members (excludes halogenated alkanes) is 7. The number of hydrogen-bond donors (Lipinski definition) is 3. The summed E-state index contributed by atoms with van der Waals surface area (Å²) in [5.41, 5.74) is 0. The lowest BCUT2D eigenvalue weighted by molar-refractivity contribution is 0.282. The smallest absolute Gasteiger partial charge is 0.0431 e. The molecule has 0 bridgehead atoms.